The van der Waals surface area contributed by atoms with Crippen molar-refractivity contribution in [3.8, 4) is 0 Å². The summed E-state index contributed by atoms with van der Waals surface area (Å²) in [5, 5.41) is 0. The number of imide groups is 2. The van der Waals surface area contributed by atoms with Crippen molar-refractivity contribution >= 4 is 40.8 Å². The number of benzene rings is 4. The predicted octanol–water partition coefficient (Wildman–Crippen LogP) is 5.14. The van der Waals surface area contributed by atoms with Gasteiger partial charge in [-0.2, -0.15) is 0 Å². The fourth-order valence-electron chi connectivity index (χ4n) is 4.79. The average Bonchev–Trinajstić information content (AvgIpc) is 3.33. The van der Waals surface area contributed by atoms with E-state index in [1.165, 1.54) is 36.4 Å². The van der Waals surface area contributed by atoms with E-state index in [-0.39, 0.29) is 33.4 Å². The number of hydrogen-bond donors (Lipinski definition) is 0. The first kappa shape index (κ1) is 23.2. The second-order valence-corrected chi connectivity index (χ2v) is 9.41. The molecular formula is C31H20N2O5. The first-order valence-electron chi connectivity index (χ1n) is 12.0. The van der Waals surface area contributed by atoms with Gasteiger partial charge in [0.25, 0.3) is 23.6 Å². The Kier molecular flexibility index (Phi) is 5.17. The number of carbonyl (C=O) groups excluding carboxylic acids is 5. The molecule has 4 amide bonds. The fourth-order valence-corrected chi connectivity index (χ4v) is 4.79. The predicted molar refractivity (Wildman–Crippen MR) is 141 cm³/mol. The molecule has 0 saturated carbocycles. The molecule has 0 aliphatic carbocycles. The first-order valence-corrected chi connectivity index (χ1v) is 12.0. The zero-order valence-electron chi connectivity index (χ0n) is 20.5. The van der Waals surface area contributed by atoms with E-state index in [2.05, 4.69) is 0 Å². The maximum absolute atomic E-state index is 13.4. The van der Waals surface area contributed by atoms with Gasteiger partial charge >= 0.3 is 0 Å². The van der Waals surface area contributed by atoms with Crippen LogP contribution in [0, 0.1) is 13.8 Å². The van der Waals surface area contributed by atoms with Crippen LogP contribution in [0.5, 0.6) is 0 Å². The number of nitrogens with zero attached hydrogens (tertiary/aromatic N) is 2. The highest BCUT2D eigenvalue weighted by Gasteiger charge is 2.39. The number of fused-ring (bicyclic) bond motifs is 2. The molecule has 0 saturated heterocycles. The van der Waals surface area contributed by atoms with Gasteiger partial charge in [-0.3, -0.25) is 24.0 Å². The van der Waals surface area contributed by atoms with Crippen molar-refractivity contribution in [3.63, 3.8) is 0 Å². The van der Waals surface area contributed by atoms with Gasteiger partial charge in [0, 0.05) is 11.1 Å². The van der Waals surface area contributed by atoms with Gasteiger partial charge in [-0.1, -0.05) is 47.5 Å². The van der Waals surface area contributed by atoms with Crippen LogP contribution in [0.25, 0.3) is 0 Å². The van der Waals surface area contributed by atoms with Crippen LogP contribution in [0.4, 0.5) is 11.4 Å². The van der Waals surface area contributed by atoms with E-state index in [1.54, 1.807) is 24.3 Å². The summed E-state index contributed by atoms with van der Waals surface area (Å²) in [5.41, 5.74) is 4.00. The van der Waals surface area contributed by atoms with E-state index < -0.39 is 29.4 Å². The summed E-state index contributed by atoms with van der Waals surface area (Å²) in [6.07, 6.45) is 0. The van der Waals surface area contributed by atoms with Crippen LogP contribution in [0.1, 0.15) is 68.5 Å². The van der Waals surface area contributed by atoms with Crippen molar-refractivity contribution in [2.24, 2.45) is 0 Å². The molecule has 4 aromatic carbocycles. The molecule has 6 rings (SSSR count). The smallest absolute Gasteiger partial charge is 0.266 e. The Labute approximate surface area is 217 Å². The molecule has 38 heavy (non-hydrogen) atoms. The van der Waals surface area contributed by atoms with Crippen molar-refractivity contribution in [2.75, 3.05) is 9.80 Å². The molecule has 2 aliphatic heterocycles. The van der Waals surface area contributed by atoms with Crippen molar-refractivity contribution in [3.05, 3.63) is 129 Å². The van der Waals surface area contributed by atoms with Crippen LogP contribution in [0.3, 0.4) is 0 Å². The number of ketones is 1. The van der Waals surface area contributed by atoms with Crippen molar-refractivity contribution in [1.29, 1.82) is 0 Å². The number of aryl methyl sites for hydroxylation is 2. The van der Waals surface area contributed by atoms with Crippen LogP contribution in [0.2, 0.25) is 0 Å². The van der Waals surface area contributed by atoms with E-state index in [1.807, 2.05) is 38.1 Å². The molecule has 0 aromatic heterocycles. The largest absolute Gasteiger partial charge is 0.289 e. The van der Waals surface area contributed by atoms with Crippen LogP contribution >= 0.6 is 0 Å². The summed E-state index contributed by atoms with van der Waals surface area (Å²) in [6, 6.07) is 22.8. The third kappa shape index (κ3) is 3.48. The maximum Gasteiger partial charge on any atom is 0.266 e. The van der Waals surface area contributed by atoms with Crippen LogP contribution in [-0.2, 0) is 0 Å². The lowest BCUT2D eigenvalue weighted by Gasteiger charge is -2.13. The summed E-state index contributed by atoms with van der Waals surface area (Å²) in [4.78, 5) is 67.7. The lowest BCUT2D eigenvalue weighted by Crippen LogP contribution is -2.29. The monoisotopic (exact) mass is 500 g/mol. The molecule has 2 aliphatic rings. The van der Waals surface area contributed by atoms with Crippen molar-refractivity contribution < 1.29 is 24.0 Å². The van der Waals surface area contributed by atoms with Gasteiger partial charge in [-0.05, 0) is 62.4 Å². The maximum atomic E-state index is 13.4. The molecule has 2 heterocycles. The lowest BCUT2D eigenvalue weighted by molar-refractivity contribution is 0.0910. The minimum Gasteiger partial charge on any atom is -0.289 e. The van der Waals surface area contributed by atoms with E-state index >= 15 is 0 Å². The fraction of sp³-hybridized carbons (Fsp3) is 0.0645. The summed E-state index contributed by atoms with van der Waals surface area (Å²) < 4.78 is 0. The summed E-state index contributed by atoms with van der Waals surface area (Å²) in [7, 11) is 0. The normalized spacial score (nSPS) is 14.3. The minimum absolute atomic E-state index is 0.138. The highest BCUT2D eigenvalue weighted by molar-refractivity contribution is 6.36. The number of hydrogen-bond acceptors (Lipinski definition) is 5. The number of rotatable bonds is 4. The van der Waals surface area contributed by atoms with Crippen LogP contribution in [0.15, 0.2) is 84.9 Å². The van der Waals surface area contributed by atoms with E-state index in [9.17, 15) is 24.0 Å². The minimum atomic E-state index is -0.507. The van der Waals surface area contributed by atoms with E-state index in [0.29, 0.717) is 11.4 Å². The van der Waals surface area contributed by atoms with Gasteiger partial charge in [0.1, 0.15) is 0 Å². The van der Waals surface area contributed by atoms with Gasteiger partial charge in [0.15, 0.2) is 5.78 Å². The van der Waals surface area contributed by atoms with E-state index in [0.717, 1.165) is 20.9 Å². The Morgan fingerprint density at radius 2 is 0.816 bits per heavy atom. The molecule has 0 atom stereocenters. The molecule has 0 N–H and O–H groups in total. The molecular weight excluding hydrogens is 480 g/mol. The Bertz CT molecular complexity index is 1590. The van der Waals surface area contributed by atoms with Gasteiger partial charge in [0.2, 0.25) is 0 Å². The standard InChI is InChI=1S/C31H20N2O5/c1-17-3-9-21(10-4-17)32-28(35)23-13-7-19(15-25(23)30(32)37)27(34)20-8-14-24-26(16-20)31(38)33(29(24)36)22-11-5-18(2)6-12-22/h3-16H,1-2H3. The SMILES string of the molecule is Cc1ccc(N2C(=O)c3ccc(C(=O)c4ccc5c(c4)C(=O)N(c4ccc(C)cc4)C5=O)cc3C2=O)cc1. The number of carbonyl (C=O) groups is 5. The molecule has 0 bridgehead atoms. The number of anilines is 2. The molecule has 4 aromatic rings. The first-order chi connectivity index (χ1) is 18.2. The van der Waals surface area contributed by atoms with Crippen LogP contribution in [-0.4, -0.2) is 29.4 Å². The molecule has 7 nitrogen and oxygen atoms in total. The zero-order valence-corrected chi connectivity index (χ0v) is 20.5. The Hall–Kier alpha value is -5.17. The van der Waals surface area contributed by atoms with Crippen molar-refractivity contribution in [1.82, 2.24) is 0 Å². The molecule has 7 heteroatoms. The molecule has 0 radical (unpaired) electrons. The molecule has 0 spiro atoms. The van der Waals surface area contributed by atoms with Crippen LogP contribution < -0.4 is 9.80 Å². The topological polar surface area (TPSA) is 91.8 Å². The summed E-state index contributed by atoms with van der Waals surface area (Å²) >= 11 is 0. The lowest BCUT2D eigenvalue weighted by atomic mass is 9.96. The van der Waals surface area contributed by atoms with E-state index in [4.69, 9.17) is 0 Å². The average molecular weight is 501 g/mol. The molecule has 184 valence electrons. The summed E-state index contributed by atoms with van der Waals surface area (Å²) in [5.74, 6) is -2.35. The second-order valence-electron chi connectivity index (χ2n) is 9.41. The second kappa shape index (κ2) is 8.45. The van der Waals surface area contributed by atoms with Crippen molar-refractivity contribution in [2.45, 2.75) is 13.8 Å². The molecule has 0 fully saturated rings. The molecule has 0 unspecified atom stereocenters. The zero-order chi connectivity index (χ0) is 26.7. The van der Waals surface area contributed by atoms with Gasteiger partial charge in [-0.15, -0.1) is 0 Å². The quantitative estimate of drug-likeness (QED) is 0.286. The third-order valence-corrected chi connectivity index (χ3v) is 6.88. The van der Waals surface area contributed by atoms with Gasteiger partial charge in [-0.25, -0.2) is 9.80 Å². The van der Waals surface area contributed by atoms with Gasteiger partial charge < -0.3 is 0 Å². The third-order valence-electron chi connectivity index (χ3n) is 6.88. The number of amides is 4. The Morgan fingerprint density at radius 1 is 0.474 bits per heavy atom. The highest BCUT2D eigenvalue weighted by atomic mass is 16.2. The Morgan fingerprint density at radius 3 is 1.18 bits per heavy atom. The van der Waals surface area contributed by atoms with Gasteiger partial charge in [0.05, 0.1) is 33.6 Å². The highest BCUT2D eigenvalue weighted by Crippen LogP contribution is 2.32. The Balaban J connectivity index is 1.31. The summed E-state index contributed by atoms with van der Waals surface area (Å²) in [6.45, 7) is 3.82.